The molecule has 1 heterocycles. The topological polar surface area (TPSA) is 89.7 Å². The molecule has 0 bridgehead atoms. The van der Waals surface area contributed by atoms with Crippen molar-refractivity contribution in [2.24, 2.45) is 0 Å². The Labute approximate surface area is 119 Å². The summed E-state index contributed by atoms with van der Waals surface area (Å²) in [7, 11) is 0. The second kappa shape index (κ2) is 5.37. The van der Waals surface area contributed by atoms with Gasteiger partial charge in [0.25, 0.3) is 0 Å². The first-order chi connectivity index (χ1) is 8.97. The summed E-state index contributed by atoms with van der Waals surface area (Å²) in [6.45, 7) is 0. The summed E-state index contributed by atoms with van der Waals surface area (Å²) >= 11 is 4.13. The molecule has 1 N–H and O–H groups in total. The Morgan fingerprint density at radius 1 is 1.42 bits per heavy atom. The molecule has 1 aromatic carbocycles. The van der Waals surface area contributed by atoms with Crippen LogP contribution in [0.4, 0.5) is 5.69 Å². The van der Waals surface area contributed by atoms with Crippen molar-refractivity contribution in [3.63, 3.8) is 0 Å². The molecule has 0 aliphatic heterocycles. The molecule has 1 aromatic heterocycles. The van der Waals surface area contributed by atoms with Gasteiger partial charge in [-0.2, -0.15) is 0 Å². The summed E-state index contributed by atoms with van der Waals surface area (Å²) in [6, 6.07) is 5.69. The number of nitro groups is 1. The maximum Gasteiger partial charge on any atom is 0.346 e. The summed E-state index contributed by atoms with van der Waals surface area (Å²) in [5.41, 5.74) is -0.197. The number of nitrogens with zero attached hydrogens (tertiary/aromatic N) is 1. The zero-order valence-corrected chi connectivity index (χ0v) is 11.6. The molecular weight excluding hydrogens is 338 g/mol. The van der Waals surface area contributed by atoms with Crippen LogP contribution in [0.25, 0.3) is 0 Å². The first kappa shape index (κ1) is 13.5. The van der Waals surface area contributed by atoms with Gasteiger partial charge in [0, 0.05) is 22.0 Å². The highest BCUT2D eigenvalue weighted by Crippen LogP contribution is 2.35. The molecule has 0 saturated heterocycles. The Balaban J connectivity index is 2.32. The highest BCUT2D eigenvalue weighted by Gasteiger charge is 2.17. The molecule has 0 fully saturated rings. The summed E-state index contributed by atoms with van der Waals surface area (Å²) in [6.07, 6.45) is 0. The van der Waals surface area contributed by atoms with Crippen molar-refractivity contribution in [2.45, 2.75) is 0 Å². The molecule has 2 rings (SSSR count). The van der Waals surface area contributed by atoms with E-state index in [1.165, 1.54) is 23.6 Å². The SMILES string of the molecule is O=C(O)c1cc(Oc2ccc(Br)cc2[N+](=O)[O-])cs1. The normalized spacial score (nSPS) is 10.2. The number of thiophene rings is 1. The van der Waals surface area contributed by atoms with Crippen LogP contribution in [0.15, 0.2) is 34.1 Å². The van der Waals surface area contributed by atoms with Crippen LogP contribution in [-0.2, 0) is 0 Å². The minimum atomic E-state index is -1.06. The van der Waals surface area contributed by atoms with Gasteiger partial charge in [-0.15, -0.1) is 11.3 Å². The zero-order chi connectivity index (χ0) is 14.0. The summed E-state index contributed by atoms with van der Waals surface area (Å²) in [4.78, 5) is 21.2. The van der Waals surface area contributed by atoms with Gasteiger partial charge in [-0.25, -0.2) is 4.79 Å². The smallest absolute Gasteiger partial charge is 0.346 e. The molecule has 19 heavy (non-hydrogen) atoms. The molecule has 0 atom stereocenters. The molecule has 98 valence electrons. The second-order valence-corrected chi connectivity index (χ2v) is 5.25. The van der Waals surface area contributed by atoms with E-state index in [4.69, 9.17) is 9.84 Å². The number of aromatic carboxylic acids is 1. The van der Waals surface area contributed by atoms with Crippen LogP contribution in [0.5, 0.6) is 11.5 Å². The van der Waals surface area contributed by atoms with Crippen molar-refractivity contribution in [1.29, 1.82) is 0 Å². The molecule has 8 heteroatoms. The highest BCUT2D eigenvalue weighted by atomic mass is 79.9. The number of ether oxygens (including phenoxy) is 1. The van der Waals surface area contributed by atoms with Gasteiger partial charge in [0.15, 0.2) is 0 Å². The number of carboxylic acid groups (broad SMARTS) is 1. The van der Waals surface area contributed by atoms with Crippen LogP contribution < -0.4 is 4.74 Å². The minimum Gasteiger partial charge on any atom is -0.477 e. The molecule has 0 radical (unpaired) electrons. The maximum absolute atomic E-state index is 10.9. The maximum atomic E-state index is 10.9. The quantitative estimate of drug-likeness (QED) is 0.671. The largest absolute Gasteiger partial charge is 0.477 e. The van der Waals surface area contributed by atoms with Crippen molar-refractivity contribution in [1.82, 2.24) is 0 Å². The van der Waals surface area contributed by atoms with E-state index in [9.17, 15) is 14.9 Å². The van der Waals surface area contributed by atoms with Gasteiger partial charge in [-0.1, -0.05) is 15.9 Å². The lowest BCUT2D eigenvalue weighted by atomic mass is 10.3. The Kier molecular flexibility index (Phi) is 3.82. The van der Waals surface area contributed by atoms with Crippen molar-refractivity contribution < 1.29 is 19.6 Å². The average molecular weight is 344 g/mol. The van der Waals surface area contributed by atoms with E-state index in [0.29, 0.717) is 4.47 Å². The minimum absolute atomic E-state index is 0.0583. The van der Waals surface area contributed by atoms with Crippen LogP contribution in [0.1, 0.15) is 9.67 Å². The van der Waals surface area contributed by atoms with Gasteiger partial charge in [-0.05, 0) is 12.1 Å². The van der Waals surface area contributed by atoms with E-state index in [0.717, 1.165) is 11.3 Å². The molecule has 0 amide bonds. The van der Waals surface area contributed by atoms with Crippen molar-refractivity contribution in [2.75, 3.05) is 0 Å². The number of hydrogen-bond donors (Lipinski definition) is 1. The van der Waals surface area contributed by atoms with Gasteiger partial charge in [-0.3, -0.25) is 10.1 Å². The average Bonchev–Trinajstić information content (AvgIpc) is 2.80. The van der Waals surface area contributed by atoms with Gasteiger partial charge < -0.3 is 9.84 Å². The standard InChI is InChI=1S/C11H6BrNO5S/c12-6-1-2-9(8(3-6)13(16)17)18-7-4-10(11(14)15)19-5-7/h1-5H,(H,14,15). The van der Waals surface area contributed by atoms with E-state index >= 15 is 0 Å². The number of nitro benzene ring substituents is 1. The van der Waals surface area contributed by atoms with Gasteiger partial charge >= 0.3 is 11.7 Å². The lowest BCUT2D eigenvalue weighted by molar-refractivity contribution is -0.385. The van der Waals surface area contributed by atoms with Crippen molar-refractivity contribution in [3.05, 3.63) is 49.1 Å². The van der Waals surface area contributed by atoms with Crippen LogP contribution in [0, 0.1) is 10.1 Å². The molecule has 0 unspecified atom stereocenters. The van der Waals surface area contributed by atoms with E-state index in [1.807, 2.05) is 0 Å². The first-order valence-electron chi connectivity index (χ1n) is 4.91. The van der Waals surface area contributed by atoms with E-state index < -0.39 is 10.9 Å². The lowest BCUT2D eigenvalue weighted by Crippen LogP contribution is -1.93. The predicted octanol–water partition coefficient (Wildman–Crippen LogP) is 3.91. The predicted molar refractivity (Wildman–Crippen MR) is 72.1 cm³/mol. The summed E-state index contributed by atoms with van der Waals surface area (Å²) in [5.74, 6) is -0.749. The van der Waals surface area contributed by atoms with E-state index in [1.54, 1.807) is 6.07 Å². The molecule has 0 spiro atoms. The summed E-state index contributed by atoms with van der Waals surface area (Å²) in [5, 5.41) is 21.2. The van der Waals surface area contributed by atoms with Crippen LogP contribution in [-0.4, -0.2) is 16.0 Å². The lowest BCUT2D eigenvalue weighted by Gasteiger charge is -2.04. The van der Waals surface area contributed by atoms with Crippen LogP contribution >= 0.6 is 27.3 Å². The number of carboxylic acids is 1. The molecule has 6 nitrogen and oxygen atoms in total. The van der Waals surface area contributed by atoms with E-state index in [2.05, 4.69) is 15.9 Å². The number of hydrogen-bond acceptors (Lipinski definition) is 5. The Morgan fingerprint density at radius 2 is 2.16 bits per heavy atom. The second-order valence-electron chi connectivity index (χ2n) is 3.42. The van der Waals surface area contributed by atoms with E-state index in [-0.39, 0.29) is 22.1 Å². The summed E-state index contributed by atoms with van der Waals surface area (Å²) < 4.78 is 5.90. The third kappa shape index (κ3) is 3.09. The van der Waals surface area contributed by atoms with Gasteiger partial charge in [0.2, 0.25) is 5.75 Å². The number of rotatable bonds is 4. The monoisotopic (exact) mass is 343 g/mol. The highest BCUT2D eigenvalue weighted by molar-refractivity contribution is 9.10. The molecule has 0 aliphatic rings. The fourth-order valence-corrected chi connectivity index (χ4v) is 2.32. The van der Waals surface area contributed by atoms with Crippen LogP contribution in [0.3, 0.4) is 0 Å². The van der Waals surface area contributed by atoms with Gasteiger partial charge in [0.1, 0.15) is 10.6 Å². The third-order valence-corrected chi connectivity index (χ3v) is 3.52. The van der Waals surface area contributed by atoms with Crippen molar-refractivity contribution in [3.8, 4) is 11.5 Å². The van der Waals surface area contributed by atoms with Crippen molar-refractivity contribution >= 4 is 38.9 Å². The molecular formula is C11H6BrNO5S. The molecule has 0 aliphatic carbocycles. The number of benzene rings is 1. The molecule has 0 saturated carbocycles. The molecule has 2 aromatic rings. The fourth-order valence-electron chi connectivity index (χ4n) is 1.33. The zero-order valence-electron chi connectivity index (χ0n) is 9.20. The first-order valence-corrected chi connectivity index (χ1v) is 6.58. The third-order valence-electron chi connectivity index (χ3n) is 2.13. The fraction of sp³-hybridized carbons (Fsp3) is 0. The number of carbonyl (C=O) groups is 1. The van der Waals surface area contributed by atoms with Crippen LogP contribution in [0.2, 0.25) is 0 Å². The Morgan fingerprint density at radius 3 is 2.74 bits per heavy atom. The number of halogens is 1. The Bertz CT molecular complexity index is 654. The Hall–Kier alpha value is -1.93. The van der Waals surface area contributed by atoms with Gasteiger partial charge in [0.05, 0.1) is 4.92 Å².